The zero-order valence-corrected chi connectivity index (χ0v) is 73.1. The van der Waals surface area contributed by atoms with Crippen LogP contribution >= 0.6 is 15.6 Å². The maximum absolute atomic E-state index is 13.2. The third-order valence-corrected chi connectivity index (χ3v) is 22.8. The normalized spacial score (nSPS) is 13.8. The summed E-state index contributed by atoms with van der Waals surface area (Å²) in [5, 5.41) is 10.7. The predicted molar refractivity (Wildman–Crippen MR) is 446 cm³/mol. The second-order valence-electron chi connectivity index (χ2n) is 33.4. The summed E-state index contributed by atoms with van der Waals surface area (Å²) in [5.41, 5.74) is 0. The van der Waals surface area contributed by atoms with Crippen LogP contribution in [0.2, 0.25) is 0 Å². The maximum atomic E-state index is 13.2. The molecular formula is C89H174O17P2. The Hall–Kier alpha value is -1.94. The van der Waals surface area contributed by atoms with E-state index in [4.69, 9.17) is 37.0 Å². The summed E-state index contributed by atoms with van der Waals surface area (Å²) in [6, 6.07) is 0. The maximum Gasteiger partial charge on any atom is 0.472 e. The van der Waals surface area contributed by atoms with E-state index < -0.39 is 97.5 Å². The van der Waals surface area contributed by atoms with Crippen molar-refractivity contribution < 1.29 is 80.2 Å². The highest BCUT2D eigenvalue weighted by molar-refractivity contribution is 7.47. The first kappa shape index (κ1) is 106. The fourth-order valence-electron chi connectivity index (χ4n) is 13.9. The van der Waals surface area contributed by atoms with Crippen LogP contribution < -0.4 is 0 Å². The highest BCUT2D eigenvalue weighted by atomic mass is 31.2. The number of aliphatic hydroxyl groups is 1. The highest BCUT2D eigenvalue weighted by Crippen LogP contribution is 2.45. The van der Waals surface area contributed by atoms with E-state index in [9.17, 15) is 43.2 Å². The summed E-state index contributed by atoms with van der Waals surface area (Å²) in [5.74, 6) is 0.220. The van der Waals surface area contributed by atoms with Gasteiger partial charge in [0.1, 0.15) is 19.3 Å². The summed E-state index contributed by atoms with van der Waals surface area (Å²) in [6.45, 7) is 12.0. The Morgan fingerprint density at radius 2 is 0.426 bits per heavy atom. The Morgan fingerprint density at radius 3 is 0.630 bits per heavy atom. The van der Waals surface area contributed by atoms with Gasteiger partial charge in [-0.1, -0.05) is 421 Å². The number of carbonyl (C=O) groups excluding carboxylic acids is 4. The van der Waals surface area contributed by atoms with Gasteiger partial charge in [0, 0.05) is 25.7 Å². The zero-order chi connectivity index (χ0) is 79.3. The van der Waals surface area contributed by atoms with Crippen LogP contribution in [-0.4, -0.2) is 96.7 Å². The quantitative estimate of drug-likeness (QED) is 0.0222. The molecule has 0 heterocycles. The molecule has 0 aliphatic heterocycles. The van der Waals surface area contributed by atoms with Crippen LogP contribution in [0.3, 0.4) is 0 Å². The van der Waals surface area contributed by atoms with E-state index in [0.29, 0.717) is 31.6 Å². The number of unbranched alkanes of at least 4 members (excludes halogenated alkanes) is 55. The monoisotopic (exact) mass is 1580 g/mol. The molecule has 0 rings (SSSR count). The molecule has 0 spiro atoms. The van der Waals surface area contributed by atoms with Crippen LogP contribution in [0.5, 0.6) is 0 Å². The van der Waals surface area contributed by atoms with Crippen molar-refractivity contribution in [2.75, 3.05) is 39.6 Å². The number of ether oxygens (including phenoxy) is 4. The molecule has 642 valence electrons. The molecule has 0 saturated carbocycles. The molecule has 19 heteroatoms. The van der Waals surface area contributed by atoms with Gasteiger partial charge in [0.15, 0.2) is 12.2 Å². The Kier molecular flexibility index (Phi) is 77.5. The molecule has 0 aliphatic rings. The first-order chi connectivity index (χ1) is 52.2. The van der Waals surface area contributed by atoms with Crippen LogP contribution in [0.25, 0.3) is 0 Å². The fraction of sp³-hybridized carbons (Fsp3) is 0.955. The molecule has 0 aromatic heterocycles. The first-order valence-electron chi connectivity index (χ1n) is 45.8. The average Bonchev–Trinajstić information content (AvgIpc) is 0.898. The van der Waals surface area contributed by atoms with E-state index in [1.807, 2.05) is 0 Å². The Bertz CT molecular complexity index is 2080. The van der Waals surface area contributed by atoms with Gasteiger partial charge in [-0.15, -0.1) is 0 Å². The second kappa shape index (κ2) is 78.9. The van der Waals surface area contributed by atoms with E-state index >= 15 is 0 Å². The van der Waals surface area contributed by atoms with Gasteiger partial charge < -0.3 is 33.8 Å². The number of phosphoric acid groups is 2. The van der Waals surface area contributed by atoms with E-state index in [2.05, 4.69) is 48.5 Å². The van der Waals surface area contributed by atoms with E-state index in [1.165, 1.54) is 276 Å². The minimum absolute atomic E-state index is 0.108. The van der Waals surface area contributed by atoms with Gasteiger partial charge in [0.05, 0.1) is 26.4 Å². The van der Waals surface area contributed by atoms with E-state index in [-0.39, 0.29) is 25.7 Å². The van der Waals surface area contributed by atoms with Gasteiger partial charge in [-0.2, -0.15) is 0 Å². The molecule has 108 heavy (non-hydrogen) atoms. The Morgan fingerprint density at radius 1 is 0.250 bits per heavy atom. The molecule has 2 unspecified atom stereocenters. The van der Waals surface area contributed by atoms with Crippen LogP contribution in [0.1, 0.15) is 472 Å². The molecule has 0 aromatic carbocycles. The fourth-order valence-corrected chi connectivity index (χ4v) is 15.5. The molecule has 0 bridgehead atoms. The summed E-state index contributed by atoms with van der Waals surface area (Å²) in [4.78, 5) is 73.3. The third-order valence-electron chi connectivity index (χ3n) is 20.9. The van der Waals surface area contributed by atoms with Gasteiger partial charge in [-0.25, -0.2) is 9.13 Å². The Balaban J connectivity index is 5.20. The summed E-state index contributed by atoms with van der Waals surface area (Å²) >= 11 is 0. The van der Waals surface area contributed by atoms with Crippen LogP contribution in [0, 0.1) is 17.8 Å². The average molecular weight is 1580 g/mol. The molecule has 0 aromatic rings. The number of esters is 4. The van der Waals surface area contributed by atoms with Gasteiger partial charge in [0.25, 0.3) is 0 Å². The van der Waals surface area contributed by atoms with Crippen molar-refractivity contribution in [1.29, 1.82) is 0 Å². The lowest BCUT2D eigenvalue weighted by Gasteiger charge is -2.21. The lowest BCUT2D eigenvalue weighted by atomic mass is 10.0. The molecule has 0 radical (unpaired) electrons. The third kappa shape index (κ3) is 82.1. The summed E-state index contributed by atoms with van der Waals surface area (Å²) in [7, 11) is -9.93. The molecule has 17 nitrogen and oxygen atoms in total. The molecule has 0 fully saturated rings. The van der Waals surface area contributed by atoms with Gasteiger partial charge >= 0.3 is 39.5 Å². The van der Waals surface area contributed by atoms with Crippen LogP contribution in [0.4, 0.5) is 0 Å². The Labute approximate surface area is 664 Å². The molecule has 3 N–H and O–H groups in total. The minimum atomic E-state index is -4.97. The molecular weight excluding hydrogens is 1400 g/mol. The number of phosphoric ester groups is 2. The van der Waals surface area contributed by atoms with Crippen LogP contribution in [0.15, 0.2) is 0 Å². The van der Waals surface area contributed by atoms with Crippen molar-refractivity contribution in [3.8, 4) is 0 Å². The number of aliphatic hydroxyl groups excluding tert-OH is 1. The van der Waals surface area contributed by atoms with Crippen molar-refractivity contribution in [3.63, 3.8) is 0 Å². The number of hydrogen-bond acceptors (Lipinski definition) is 15. The van der Waals surface area contributed by atoms with Gasteiger partial charge in [-0.05, 0) is 43.4 Å². The summed E-state index contributed by atoms with van der Waals surface area (Å²) < 4.78 is 68.9. The van der Waals surface area contributed by atoms with Crippen LogP contribution in [-0.2, 0) is 65.4 Å². The molecule has 0 aliphatic carbocycles. The number of carbonyl (C=O) groups is 4. The predicted octanol–water partition coefficient (Wildman–Crippen LogP) is 27.3. The van der Waals surface area contributed by atoms with E-state index in [0.717, 1.165) is 108 Å². The smallest absolute Gasteiger partial charge is 0.462 e. The lowest BCUT2D eigenvalue weighted by Crippen LogP contribution is -2.30. The van der Waals surface area contributed by atoms with Crippen molar-refractivity contribution in [2.45, 2.75) is 491 Å². The summed E-state index contributed by atoms with van der Waals surface area (Å²) in [6.07, 6.45) is 71.1. The molecule has 0 saturated heterocycles. The molecule has 0 amide bonds. The van der Waals surface area contributed by atoms with Crippen molar-refractivity contribution in [1.82, 2.24) is 0 Å². The highest BCUT2D eigenvalue weighted by Gasteiger charge is 2.31. The lowest BCUT2D eigenvalue weighted by molar-refractivity contribution is -0.161. The van der Waals surface area contributed by atoms with Crippen molar-refractivity contribution >= 4 is 39.5 Å². The largest absolute Gasteiger partial charge is 0.472 e. The van der Waals surface area contributed by atoms with Gasteiger partial charge in [0.2, 0.25) is 0 Å². The topological polar surface area (TPSA) is 237 Å². The SMILES string of the molecule is CCCCCCCCCCCCCCCCCCCC(=O)O[C@H](COC(=O)CCCCCCCCC(C)C)COP(=O)(O)OC[C@H](O)COP(=O)(O)OC[C@@H](COC(=O)CCCCCCCCCCCCCCCCCCCCC(C)C)OC(=O)CCCCCCCCCCCCCCCCCCCCC(C)C. The van der Waals surface area contributed by atoms with Crippen molar-refractivity contribution in [3.05, 3.63) is 0 Å². The minimum Gasteiger partial charge on any atom is -0.462 e. The molecule has 5 atom stereocenters. The number of hydrogen-bond donors (Lipinski definition) is 3. The second-order valence-corrected chi connectivity index (χ2v) is 36.3. The standard InChI is InChI=1S/C89H174O17P2/c1-8-9-10-11-12-13-14-15-16-21-29-34-39-44-49-58-66-73-89(94)106-85(77-100-87(92)71-64-57-52-51-55-62-69-82(6)7)79-104-108(97,98)102-75-83(90)74-101-107(95,96)103-78-84(105-88(93)72-65-59-50-45-40-35-30-25-20-18-23-27-32-37-42-47-54-61-68-81(4)5)76-99-86(91)70-63-56-48-43-38-33-28-24-19-17-22-26-31-36-41-46-53-60-67-80(2)3/h80-85,90H,8-79H2,1-7H3,(H,95,96)(H,97,98)/t83-,84-,85-/m1/s1. The van der Waals surface area contributed by atoms with Gasteiger partial charge in [-0.3, -0.25) is 37.3 Å². The zero-order valence-electron chi connectivity index (χ0n) is 71.3. The number of rotatable bonds is 87. The first-order valence-corrected chi connectivity index (χ1v) is 48.8. The van der Waals surface area contributed by atoms with E-state index in [1.54, 1.807) is 0 Å². The van der Waals surface area contributed by atoms with Crippen molar-refractivity contribution in [2.24, 2.45) is 17.8 Å².